The van der Waals surface area contributed by atoms with Crippen LogP contribution in [-0.2, 0) is 17.6 Å². The molecule has 34 heavy (non-hydrogen) atoms. The molecule has 0 unspecified atom stereocenters. The molecule has 4 rings (SSSR count). The van der Waals surface area contributed by atoms with E-state index in [2.05, 4.69) is 5.16 Å². The van der Waals surface area contributed by atoms with Crippen molar-refractivity contribution < 1.29 is 36.7 Å². The monoisotopic (exact) mass is 471 g/mol. The minimum absolute atomic E-state index is 0.131. The van der Waals surface area contributed by atoms with E-state index in [-0.39, 0.29) is 13.0 Å². The van der Waals surface area contributed by atoms with Crippen LogP contribution in [0.1, 0.15) is 40.5 Å². The lowest BCUT2D eigenvalue weighted by Crippen LogP contribution is -2.08. The Morgan fingerprint density at radius 2 is 1.79 bits per heavy atom. The van der Waals surface area contributed by atoms with Crippen molar-refractivity contribution in [2.24, 2.45) is 0 Å². The molecule has 9 heteroatoms. The zero-order valence-electron chi connectivity index (χ0n) is 18.0. The molecule has 0 saturated carbocycles. The first kappa shape index (κ1) is 23.2. The fourth-order valence-electron chi connectivity index (χ4n) is 3.56. The van der Waals surface area contributed by atoms with E-state index in [0.29, 0.717) is 28.5 Å². The first-order valence-corrected chi connectivity index (χ1v) is 10.3. The summed E-state index contributed by atoms with van der Waals surface area (Å²) >= 11 is 0. The van der Waals surface area contributed by atoms with Gasteiger partial charge in [0.05, 0.1) is 17.7 Å². The van der Waals surface area contributed by atoms with Crippen LogP contribution in [0.3, 0.4) is 0 Å². The number of ether oxygens (including phenoxy) is 1. The number of benzene rings is 2. The maximum atomic E-state index is 12.8. The lowest BCUT2D eigenvalue weighted by atomic mass is 9.92. The average molecular weight is 471 g/mol. The molecule has 4 aromatic rings. The number of carboxylic acids is 1. The summed E-state index contributed by atoms with van der Waals surface area (Å²) in [5, 5.41) is 13.1. The third-order valence-corrected chi connectivity index (χ3v) is 5.39. The molecule has 2 heterocycles. The summed E-state index contributed by atoms with van der Waals surface area (Å²) in [5.41, 5.74) is 1.85. The molecule has 0 bridgehead atoms. The number of carboxylic acid groups (broad SMARTS) is 1. The first-order valence-electron chi connectivity index (χ1n) is 10.3. The van der Waals surface area contributed by atoms with E-state index in [9.17, 15) is 23.1 Å². The van der Waals surface area contributed by atoms with Crippen molar-refractivity contribution in [1.82, 2.24) is 5.16 Å². The van der Waals surface area contributed by atoms with Crippen molar-refractivity contribution in [3.63, 3.8) is 0 Å². The average Bonchev–Trinajstić information content (AvgIpc) is 3.46. The number of rotatable bonds is 8. The van der Waals surface area contributed by atoms with Crippen LogP contribution in [0.5, 0.6) is 5.75 Å². The highest BCUT2D eigenvalue weighted by atomic mass is 19.4. The molecular formula is C25H20F3NO5. The molecule has 1 N–H and O–H groups in total. The second-order valence-electron chi connectivity index (χ2n) is 7.70. The zero-order chi connectivity index (χ0) is 24.3. The minimum atomic E-state index is -4.39. The van der Waals surface area contributed by atoms with Crippen molar-refractivity contribution in [3.8, 4) is 17.1 Å². The highest BCUT2D eigenvalue weighted by Gasteiger charge is 2.30. The van der Waals surface area contributed by atoms with Crippen LogP contribution in [0.4, 0.5) is 13.2 Å². The lowest BCUT2D eigenvalue weighted by Gasteiger charge is -2.13. The Morgan fingerprint density at radius 3 is 2.38 bits per heavy atom. The van der Waals surface area contributed by atoms with Crippen molar-refractivity contribution >= 4 is 5.97 Å². The maximum absolute atomic E-state index is 12.8. The molecule has 2 aromatic carbocycles. The molecule has 1 atom stereocenters. The Bertz CT molecular complexity index is 1240. The van der Waals surface area contributed by atoms with Gasteiger partial charge in [0.1, 0.15) is 30.1 Å². The number of halogens is 3. The molecule has 0 saturated heterocycles. The van der Waals surface area contributed by atoms with Gasteiger partial charge in [0.25, 0.3) is 0 Å². The number of hydrogen-bond donors (Lipinski definition) is 1. The zero-order valence-corrected chi connectivity index (χ0v) is 18.0. The van der Waals surface area contributed by atoms with Gasteiger partial charge in [-0.05, 0) is 42.8 Å². The predicted molar refractivity (Wildman–Crippen MR) is 115 cm³/mol. The van der Waals surface area contributed by atoms with Gasteiger partial charge in [0, 0.05) is 23.1 Å². The Kier molecular flexibility index (Phi) is 6.45. The lowest BCUT2D eigenvalue weighted by molar-refractivity contribution is -0.138. The summed E-state index contributed by atoms with van der Waals surface area (Å²) in [7, 11) is 0. The van der Waals surface area contributed by atoms with Gasteiger partial charge in [-0.1, -0.05) is 29.4 Å². The Balaban J connectivity index is 1.44. The van der Waals surface area contributed by atoms with E-state index >= 15 is 0 Å². The largest absolute Gasteiger partial charge is 0.489 e. The van der Waals surface area contributed by atoms with Gasteiger partial charge in [-0.2, -0.15) is 13.2 Å². The van der Waals surface area contributed by atoms with E-state index in [1.165, 1.54) is 18.4 Å². The molecule has 0 radical (unpaired) electrons. The van der Waals surface area contributed by atoms with Crippen LogP contribution in [0.2, 0.25) is 0 Å². The number of aliphatic carboxylic acids is 1. The quantitative estimate of drug-likeness (QED) is 0.318. The molecule has 0 aliphatic rings. The Morgan fingerprint density at radius 1 is 1.09 bits per heavy atom. The van der Waals surface area contributed by atoms with E-state index in [1.54, 1.807) is 43.3 Å². The molecule has 0 amide bonds. The van der Waals surface area contributed by atoms with Gasteiger partial charge in [0.15, 0.2) is 0 Å². The van der Waals surface area contributed by atoms with Crippen LogP contribution in [0, 0.1) is 6.92 Å². The molecule has 176 valence electrons. The van der Waals surface area contributed by atoms with Crippen LogP contribution in [-0.4, -0.2) is 16.2 Å². The van der Waals surface area contributed by atoms with Crippen molar-refractivity contribution in [2.75, 3.05) is 0 Å². The van der Waals surface area contributed by atoms with Crippen LogP contribution in [0.15, 0.2) is 75.9 Å². The third-order valence-electron chi connectivity index (χ3n) is 5.39. The number of furan rings is 1. The summed E-state index contributed by atoms with van der Waals surface area (Å²) < 4.78 is 54.7. The number of alkyl halides is 3. The molecule has 0 spiro atoms. The predicted octanol–water partition coefficient (Wildman–Crippen LogP) is 6.45. The van der Waals surface area contributed by atoms with Gasteiger partial charge in [-0.3, -0.25) is 4.79 Å². The van der Waals surface area contributed by atoms with E-state index in [0.717, 1.165) is 23.3 Å². The summed E-state index contributed by atoms with van der Waals surface area (Å²) in [5.74, 6) is 0.207. The second-order valence-corrected chi connectivity index (χ2v) is 7.70. The van der Waals surface area contributed by atoms with Crippen LogP contribution in [0.25, 0.3) is 11.3 Å². The third kappa shape index (κ3) is 5.31. The van der Waals surface area contributed by atoms with Gasteiger partial charge >= 0.3 is 12.1 Å². The molecule has 2 aromatic heterocycles. The number of aryl methyl sites for hydroxylation is 1. The fraction of sp³-hybridized carbons (Fsp3) is 0.200. The fourth-order valence-corrected chi connectivity index (χ4v) is 3.56. The topological polar surface area (TPSA) is 85.7 Å². The normalized spacial score (nSPS) is 12.5. The highest BCUT2D eigenvalue weighted by molar-refractivity contribution is 5.69. The van der Waals surface area contributed by atoms with Crippen LogP contribution < -0.4 is 4.74 Å². The van der Waals surface area contributed by atoms with Gasteiger partial charge < -0.3 is 18.8 Å². The van der Waals surface area contributed by atoms with Crippen LogP contribution >= 0.6 is 0 Å². The molecule has 6 nitrogen and oxygen atoms in total. The number of carbonyl (C=O) groups is 1. The van der Waals surface area contributed by atoms with E-state index in [4.69, 9.17) is 13.7 Å². The number of aromatic nitrogens is 1. The smallest absolute Gasteiger partial charge is 0.416 e. The number of nitrogens with zero attached hydrogens (tertiary/aromatic N) is 1. The van der Waals surface area contributed by atoms with Crippen molar-refractivity contribution in [2.45, 2.75) is 32.0 Å². The van der Waals surface area contributed by atoms with Gasteiger partial charge in [-0.15, -0.1) is 0 Å². The Hall–Kier alpha value is -4.01. The first-order chi connectivity index (χ1) is 16.2. The minimum Gasteiger partial charge on any atom is -0.489 e. The summed E-state index contributed by atoms with van der Waals surface area (Å²) in [6.45, 7) is 1.95. The standard InChI is InChI=1S/C25H20F3NO5/c1-15-18(12-23(34-15)17-2-6-19(7-3-17)25(26,27)28)14-32-20-8-4-16(5-9-20)21(13-24(30)31)22-10-11-33-29-22/h2-12,21H,13-14H2,1H3,(H,30,31)/t21-/m0/s1. The molecular weight excluding hydrogens is 451 g/mol. The summed E-state index contributed by atoms with van der Waals surface area (Å²) in [4.78, 5) is 11.3. The Labute approximate surface area is 192 Å². The molecule has 0 aliphatic heterocycles. The van der Waals surface area contributed by atoms with E-state index < -0.39 is 23.6 Å². The number of hydrogen-bond acceptors (Lipinski definition) is 5. The van der Waals surface area contributed by atoms with Gasteiger partial charge in [0.2, 0.25) is 0 Å². The summed E-state index contributed by atoms with van der Waals surface area (Å²) in [6, 6.07) is 15.1. The SMILES string of the molecule is Cc1oc(-c2ccc(C(F)(F)F)cc2)cc1COc1ccc([C@H](CC(=O)O)c2ccon2)cc1. The highest BCUT2D eigenvalue weighted by Crippen LogP contribution is 2.33. The van der Waals surface area contributed by atoms with E-state index in [1.807, 2.05) is 0 Å². The van der Waals surface area contributed by atoms with Gasteiger partial charge in [-0.25, -0.2) is 0 Å². The van der Waals surface area contributed by atoms with Crippen molar-refractivity contribution in [3.05, 3.63) is 95.1 Å². The summed E-state index contributed by atoms with van der Waals surface area (Å²) in [6.07, 6.45) is -3.13. The second kappa shape index (κ2) is 9.46. The van der Waals surface area contributed by atoms with Crippen molar-refractivity contribution in [1.29, 1.82) is 0 Å². The molecule has 0 fully saturated rings. The molecule has 0 aliphatic carbocycles. The maximum Gasteiger partial charge on any atom is 0.416 e.